The molecule has 0 bridgehead atoms. The van der Waals surface area contributed by atoms with E-state index < -0.39 is 9.84 Å². The predicted molar refractivity (Wildman–Crippen MR) is 52.7 cm³/mol. The number of hydrogen-bond acceptors (Lipinski definition) is 4. The quantitative estimate of drug-likeness (QED) is 0.709. The van der Waals surface area contributed by atoms with E-state index in [9.17, 15) is 8.42 Å². The molecule has 1 aromatic rings. The number of aryl methyl sites for hydroxylation is 2. The molecule has 0 saturated carbocycles. The van der Waals surface area contributed by atoms with Crippen molar-refractivity contribution in [2.75, 3.05) is 5.75 Å². The minimum atomic E-state index is -2.82. The summed E-state index contributed by atoms with van der Waals surface area (Å²) in [4.78, 5) is 5.35. The summed E-state index contributed by atoms with van der Waals surface area (Å²) in [5, 5.41) is 1.06. The lowest BCUT2D eigenvalue weighted by Gasteiger charge is -2.09. The highest BCUT2D eigenvalue weighted by molar-refractivity contribution is 7.90. The number of nitrogens with zero attached hydrogens (tertiary/aromatic N) is 1. The van der Waals surface area contributed by atoms with E-state index >= 15 is 0 Å². The van der Waals surface area contributed by atoms with Crippen LogP contribution in [-0.4, -0.2) is 19.2 Å². The number of sulfone groups is 1. The highest BCUT2D eigenvalue weighted by Gasteiger charge is 2.24. The molecule has 0 spiro atoms. The maximum Gasteiger partial charge on any atom is 0.155 e. The second-order valence-corrected chi connectivity index (χ2v) is 6.53. The maximum atomic E-state index is 11.3. The number of rotatable bonds is 1. The Labute approximate surface area is 81.7 Å². The molecule has 0 aromatic carbocycles. The molecule has 72 valence electrons. The van der Waals surface area contributed by atoms with Crippen molar-refractivity contribution in [3.05, 3.63) is 15.6 Å². The monoisotopic (exact) mass is 217 g/mol. The van der Waals surface area contributed by atoms with Gasteiger partial charge in [0.05, 0.1) is 22.2 Å². The molecule has 0 N–H and O–H groups in total. The second-order valence-electron chi connectivity index (χ2n) is 3.17. The summed E-state index contributed by atoms with van der Waals surface area (Å²) in [6.45, 7) is 2.04. The van der Waals surface area contributed by atoms with Crippen LogP contribution >= 0.6 is 11.3 Å². The van der Waals surface area contributed by atoms with Gasteiger partial charge in [-0.15, -0.1) is 11.3 Å². The van der Waals surface area contributed by atoms with Gasteiger partial charge in [-0.3, -0.25) is 0 Å². The van der Waals surface area contributed by atoms with Gasteiger partial charge in [-0.2, -0.15) is 0 Å². The molecule has 0 unspecified atom stereocenters. The third kappa shape index (κ3) is 1.76. The number of fused-ring (bicyclic) bond motifs is 1. The molecule has 5 heteroatoms. The molecule has 0 radical (unpaired) electrons. The fraction of sp³-hybridized carbons (Fsp3) is 0.625. The van der Waals surface area contributed by atoms with Gasteiger partial charge in [0.2, 0.25) is 0 Å². The van der Waals surface area contributed by atoms with Crippen LogP contribution in [0.15, 0.2) is 0 Å². The van der Waals surface area contributed by atoms with Gasteiger partial charge < -0.3 is 0 Å². The van der Waals surface area contributed by atoms with Crippen LogP contribution in [0.2, 0.25) is 0 Å². The molecular formula is C8H11NO2S2. The number of aromatic nitrogens is 1. The van der Waals surface area contributed by atoms with E-state index in [0.29, 0.717) is 6.42 Å². The fourth-order valence-electron chi connectivity index (χ4n) is 1.42. The average Bonchev–Trinajstić information content (AvgIpc) is 2.44. The Bertz CT molecular complexity index is 419. The first-order chi connectivity index (χ1) is 6.11. The SMILES string of the molecule is CCc1nc2c(s1)CS(=O)(=O)CC2. The minimum absolute atomic E-state index is 0.208. The lowest BCUT2D eigenvalue weighted by atomic mass is 10.3. The van der Waals surface area contributed by atoms with Crippen LogP contribution in [0.5, 0.6) is 0 Å². The lowest BCUT2D eigenvalue weighted by Crippen LogP contribution is -2.17. The molecule has 0 atom stereocenters. The van der Waals surface area contributed by atoms with E-state index in [1.807, 2.05) is 6.92 Å². The van der Waals surface area contributed by atoms with E-state index in [4.69, 9.17) is 0 Å². The largest absolute Gasteiger partial charge is 0.246 e. The first-order valence-electron chi connectivity index (χ1n) is 4.28. The Morgan fingerprint density at radius 3 is 3.00 bits per heavy atom. The molecule has 0 amide bonds. The molecule has 1 aliphatic rings. The number of thiazole rings is 1. The Kier molecular flexibility index (Phi) is 2.15. The molecule has 3 nitrogen and oxygen atoms in total. The van der Waals surface area contributed by atoms with Crippen LogP contribution in [0.25, 0.3) is 0 Å². The summed E-state index contributed by atoms with van der Waals surface area (Å²) >= 11 is 1.55. The van der Waals surface area contributed by atoms with E-state index in [2.05, 4.69) is 4.98 Å². The van der Waals surface area contributed by atoms with Crippen LogP contribution in [0.4, 0.5) is 0 Å². The third-order valence-corrected chi connectivity index (χ3v) is 5.11. The molecular weight excluding hydrogens is 206 g/mol. The maximum absolute atomic E-state index is 11.3. The molecule has 13 heavy (non-hydrogen) atoms. The summed E-state index contributed by atoms with van der Waals surface area (Å²) < 4.78 is 22.6. The first kappa shape index (κ1) is 9.15. The van der Waals surface area contributed by atoms with Crippen molar-refractivity contribution < 1.29 is 8.42 Å². The number of hydrogen-bond donors (Lipinski definition) is 0. The minimum Gasteiger partial charge on any atom is -0.246 e. The Hall–Kier alpha value is -0.420. The fourth-order valence-corrected chi connectivity index (χ4v) is 4.26. The Morgan fingerprint density at radius 2 is 2.31 bits per heavy atom. The third-order valence-electron chi connectivity index (χ3n) is 2.13. The topological polar surface area (TPSA) is 47.0 Å². The summed E-state index contributed by atoms with van der Waals surface area (Å²) in [7, 11) is -2.82. The standard InChI is InChI=1S/C8H11NO2S2/c1-2-8-9-6-3-4-13(10,11)5-7(6)12-8/h2-5H2,1H3. The van der Waals surface area contributed by atoms with Crippen LogP contribution in [-0.2, 0) is 28.4 Å². The van der Waals surface area contributed by atoms with Crippen molar-refractivity contribution in [3.63, 3.8) is 0 Å². The van der Waals surface area contributed by atoms with Gasteiger partial charge in [0.25, 0.3) is 0 Å². The molecule has 0 fully saturated rings. The van der Waals surface area contributed by atoms with Crippen LogP contribution in [0.3, 0.4) is 0 Å². The summed E-state index contributed by atoms with van der Waals surface area (Å²) in [6, 6.07) is 0. The van der Waals surface area contributed by atoms with Crippen LogP contribution in [0.1, 0.15) is 22.5 Å². The molecule has 0 aliphatic carbocycles. The Morgan fingerprint density at radius 1 is 1.54 bits per heavy atom. The molecule has 1 aliphatic heterocycles. The zero-order valence-corrected chi connectivity index (χ0v) is 9.04. The van der Waals surface area contributed by atoms with Crippen molar-refractivity contribution >= 4 is 21.2 Å². The molecule has 0 saturated heterocycles. The van der Waals surface area contributed by atoms with Gasteiger partial charge in [0, 0.05) is 11.3 Å². The Balaban J connectivity index is 2.40. The van der Waals surface area contributed by atoms with E-state index in [0.717, 1.165) is 22.0 Å². The van der Waals surface area contributed by atoms with Gasteiger partial charge in [0.15, 0.2) is 9.84 Å². The summed E-state index contributed by atoms with van der Waals surface area (Å²) in [5.74, 6) is 0.479. The normalized spacial score (nSPS) is 19.8. The molecule has 2 heterocycles. The second kappa shape index (κ2) is 3.06. The first-order valence-corrected chi connectivity index (χ1v) is 6.92. The van der Waals surface area contributed by atoms with Gasteiger partial charge >= 0.3 is 0 Å². The van der Waals surface area contributed by atoms with Crippen molar-refractivity contribution in [2.45, 2.75) is 25.5 Å². The highest BCUT2D eigenvalue weighted by atomic mass is 32.2. The summed E-state index contributed by atoms with van der Waals surface area (Å²) in [6.07, 6.45) is 1.51. The van der Waals surface area contributed by atoms with E-state index in [1.54, 1.807) is 11.3 Å². The van der Waals surface area contributed by atoms with Crippen molar-refractivity contribution in [3.8, 4) is 0 Å². The zero-order valence-electron chi connectivity index (χ0n) is 7.41. The van der Waals surface area contributed by atoms with Gasteiger partial charge in [-0.25, -0.2) is 13.4 Å². The average molecular weight is 217 g/mol. The van der Waals surface area contributed by atoms with Crippen molar-refractivity contribution in [1.82, 2.24) is 4.98 Å². The van der Waals surface area contributed by atoms with Gasteiger partial charge in [0.1, 0.15) is 0 Å². The highest BCUT2D eigenvalue weighted by Crippen LogP contribution is 2.26. The van der Waals surface area contributed by atoms with Gasteiger partial charge in [-0.1, -0.05) is 6.92 Å². The summed E-state index contributed by atoms with van der Waals surface area (Å²) in [5.41, 5.74) is 1.01. The molecule has 2 rings (SSSR count). The van der Waals surface area contributed by atoms with Crippen LogP contribution < -0.4 is 0 Å². The van der Waals surface area contributed by atoms with Crippen LogP contribution in [0, 0.1) is 0 Å². The molecule has 1 aromatic heterocycles. The zero-order chi connectivity index (χ0) is 9.47. The predicted octanol–water partition coefficient (Wildman–Crippen LogP) is 1.18. The van der Waals surface area contributed by atoms with E-state index in [-0.39, 0.29) is 11.5 Å². The van der Waals surface area contributed by atoms with E-state index in [1.165, 1.54) is 0 Å². The van der Waals surface area contributed by atoms with Gasteiger partial charge in [-0.05, 0) is 6.42 Å². The lowest BCUT2D eigenvalue weighted by molar-refractivity contribution is 0.591. The van der Waals surface area contributed by atoms with Crippen molar-refractivity contribution in [1.29, 1.82) is 0 Å². The van der Waals surface area contributed by atoms with Crippen molar-refractivity contribution in [2.24, 2.45) is 0 Å². The smallest absolute Gasteiger partial charge is 0.155 e.